The molecule has 0 fully saturated rings. The van der Waals surface area contributed by atoms with Crippen LogP contribution < -0.4 is 0 Å². The van der Waals surface area contributed by atoms with Gasteiger partial charge in [-0.3, -0.25) is 14.4 Å². The third-order valence-corrected chi connectivity index (χ3v) is 10.7. The first kappa shape index (κ1) is 57.9. The summed E-state index contributed by atoms with van der Waals surface area (Å²) >= 11 is 0. The lowest BCUT2D eigenvalue weighted by atomic mass is 10.0. The highest BCUT2D eigenvalue weighted by Crippen LogP contribution is 2.15. The van der Waals surface area contributed by atoms with Crippen LogP contribution >= 0.6 is 0 Å². The Morgan fingerprint density at radius 1 is 0.344 bits per heavy atom. The zero-order valence-corrected chi connectivity index (χ0v) is 39.9. The van der Waals surface area contributed by atoms with Crippen molar-refractivity contribution in [2.75, 3.05) is 13.2 Å². The molecule has 6 heteroatoms. The molecule has 0 saturated carbocycles. The highest BCUT2D eigenvalue weighted by molar-refractivity contribution is 5.71. The zero-order chi connectivity index (χ0) is 44.4. The van der Waals surface area contributed by atoms with Gasteiger partial charge in [-0.1, -0.05) is 222 Å². The van der Waals surface area contributed by atoms with E-state index in [4.69, 9.17) is 14.2 Å². The predicted octanol–water partition coefficient (Wildman–Crippen LogP) is 16.6. The average Bonchev–Trinajstić information content (AvgIpc) is 3.26. The molecule has 61 heavy (non-hydrogen) atoms. The normalized spacial score (nSPS) is 12.6. The Morgan fingerprint density at radius 3 is 1.00 bits per heavy atom. The summed E-state index contributed by atoms with van der Waals surface area (Å²) in [5, 5.41) is 0. The van der Waals surface area contributed by atoms with Gasteiger partial charge in [-0.2, -0.15) is 0 Å². The Bertz CT molecular complexity index is 1160. The van der Waals surface area contributed by atoms with Crippen LogP contribution in [0.25, 0.3) is 0 Å². The van der Waals surface area contributed by atoms with E-state index in [1.165, 1.54) is 83.5 Å². The standard InChI is InChI=1S/C55H94O6/c1-4-7-10-13-14-15-16-17-18-19-20-21-22-23-24-25-26-27-28-29-30-31-32-33-34-35-36-37-38-39-40-43-45-48-54(57)60-51-52(61-55(58)49-46-42-12-9-6-3)50-59-53(56)47-44-41-11-8-5-2/h7,10,14-15,17-18,20-21,23-24,26-27,52H,4-6,8-9,11-13,16,19,22,25,28-51H2,1-3H3/b10-7-,15-14-,18-17-,21-20-,24-23-,27-26-. The van der Waals surface area contributed by atoms with Crippen LogP contribution in [0.2, 0.25) is 0 Å². The summed E-state index contributed by atoms with van der Waals surface area (Å²) in [6.45, 7) is 6.34. The molecular weight excluding hydrogens is 757 g/mol. The smallest absolute Gasteiger partial charge is 0.306 e. The maximum atomic E-state index is 12.5. The molecule has 350 valence electrons. The number of hydrogen-bond donors (Lipinski definition) is 0. The summed E-state index contributed by atoms with van der Waals surface area (Å²) in [6.07, 6.45) is 62.7. The monoisotopic (exact) mass is 851 g/mol. The second kappa shape index (κ2) is 49.5. The van der Waals surface area contributed by atoms with Crippen molar-refractivity contribution >= 4 is 17.9 Å². The second-order valence-electron chi connectivity index (χ2n) is 16.7. The Morgan fingerprint density at radius 2 is 0.639 bits per heavy atom. The molecule has 1 unspecified atom stereocenters. The van der Waals surface area contributed by atoms with Crippen LogP contribution in [0.1, 0.15) is 239 Å². The van der Waals surface area contributed by atoms with Crippen LogP contribution in [0.15, 0.2) is 72.9 Å². The fourth-order valence-corrected chi connectivity index (χ4v) is 6.92. The number of unbranched alkanes of at least 4 members (excludes halogenated alkanes) is 22. The van der Waals surface area contributed by atoms with E-state index in [9.17, 15) is 14.4 Å². The number of hydrogen-bond acceptors (Lipinski definition) is 6. The summed E-state index contributed by atoms with van der Waals surface area (Å²) in [6, 6.07) is 0. The maximum Gasteiger partial charge on any atom is 0.306 e. The molecule has 0 radical (unpaired) electrons. The minimum absolute atomic E-state index is 0.0741. The van der Waals surface area contributed by atoms with Crippen LogP contribution in [0.5, 0.6) is 0 Å². The molecular formula is C55H94O6. The average molecular weight is 851 g/mol. The Labute approximate surface area is 376 Å². The van der Waals surface area contributed by atoms with Crippen LogP contribution in [0.4, 0.5) is 0 Å². The van der Waals surface area contributed by atoms with E-state index in [1.54, 1.807) is 0 Å². The second-order valence-corrected chi connectivity index (χ2v) is 16.7. The van der Waals surface area contributed by atoms with Crippen molar-refractivity contribution in [3.8, 4) is 0 Å². The summed E-state index contributed by atoms with van der Waals surface area (Å²) < 4.78 is 16.5. The molecule has 0 heterocycles. The summed E-state index contributed by atoms with van der Waals surface area (Å²) in [5.41, 5.74) is 0. The highest BCUT2D eigenvalue weighted by atomic mass is 16.6. The molecule has 0 aliphatic heterocycles. The molecule has 0 N–H and O–H groups in total. The van der Waals surface area contributed by atoms with Gasteiger partial charge in [-0.05, 0) is 70.6 Å². The van der Waals surface area contributed by atoms with E-state index < -0.39 is 6.10 Å². The molecule has 0 bridgehead atoms. The number of esters is 3. The molecule has 0 aromatic rings. The topological polar surface area (TPSA) is 78.9 Å². The van der Waals surface area contributed by atoms with E-state index >= 15 is 0 Å². The third kappa shape index (κ3) is 47.7. The molecule has 6 nitrogen and oxygen atoms in total. The first-order chi connectivity index (χ1) is 30.0. The van der Waals surface area contributed by atoms with Gasteiger partial charge in [0.1, 0.15) is 13.2 Å². The maximum absolute atomic E-state index is 12.5. The highest BCUT2D eigenvalue weighted by Gasteiger charge is 2.19. The number of allylic oxidation sites excluding steroid dienone is 12. The van der Waals surface area contributed by atoms with Crippen molar-refractivity contribution < 1.29 is 28.6 Å². The predicted molar refractivity (Wildman–Crippen MR) is 261 cm³/mol. The van der Waals surface area contributed by atoms with Crippen molar-refractivity contribution in [3.63, 3.8) is 0 Å². The van der Waals surface area contributed by atoms with Crippen molar-refractivity contribution in [1.29, 1.82) is 0 Å². The molecule has 0 aliphatic rings. The van der Waals surface area contributed by atoms with Crippen LogP contribution in [0.3, 0.4) is 0 Å². The number of ether oxygens (including phenoxy) is 3. The summed E-state index contributed by atoms with van der Waals surface area (Å²) in [7, 11) is 0. The third-order valence-electron chi connectivity index (χ3n) is 10.7. The van der Waals surface area contributed by atoms with Gasteiger partial charge in [-0.15, -0.1) is 0 Å². The fourth-order valence-electron chi connectivity index (χ4n) is 6.92. The Balaban J connectivity index is 3.80. The van der Waals surface area contributed by atoms with Gasteiger partial charge in [0.15, 0.2) is 6.10 Å². The first-order valence-corrected chi connectivity index (χ1v) is 25.4. The van der Waals surface area contributed by atoms with Gasteiger partial charge < -0.3 is 14.2 Å². The van der Waals surface area contributed by atoms with E-state index in [0.29, 0.717) is 19.3 Å². The van der Waals surface area contributed by atoms with Gasteiger partial charge in [0.05, 0.1) is 0 Å². The van der Waals surface area contributed by atoms with Crippen molar-refractivity contribution in [3.05, 3.63) is 72.9 Å². The summed E-state index contributed by atoms with van der Waals surface area (Å²) in [5.74, 6) is -0.905. The first-order valence-electron chi connectivity index (χ1n) is 25.4. The Kier molecular flexibility index (Phi) is 46.9. The van der Waals surface area contributed by atoms with Crippen LogP contribution in [-0.2, 0) is 28.6 Å². The molecule has 0 rings (SSSR count). The van der Waals surface area contributed by atoms with Gasteiger partial charge in [0.2, 0.25) is 0 Å². The summed E-state index contributed by atoms with van der Waals surface area (Å²) in [4.78, 5) is 37.2. The molecule has 0 aromatic heterocycles. The van der Waals surface area contributed by atoms with Crippen LogP contribution in [0, 0.1) is 0 Å². The number of carbonyl (C=O) groups is 3. The van der Waals surface area contributed by atoms with Gasteiger partial charge in [0, 0.05) is 19.3 Å². The SMILES string of the molecule is CC/C=C\C/C=C\C/C=C\C/C=C\C/C=C\C/C=C\CCCCCCCCCCCCCCCCC(=O)OCC(COC(=O)CCCCCCC)OC(=O)CCCCCCC. The molecule has 0 aromatic carbocycles. The van der Waals surface area contributed by atoms with Crippen molar-refractivity contribution in [2.24, 2.45) is 0 Å². The molecule has 0 saturated heterocycles. The Hall–Kier alpha value is -3.15. The lowest BCUT2D eigenvalue weighted by molar-refractivity contribution is -0.167. The largest absolute Gasteiger partial charge is 0.462 e. The van der Waals surface area contributed by atoms with E-state index in [1.807, 2.05) is 0 Å². The molecule has 0 amide bonds. The van der Waals surface area contributed by atoms with E-state index in [0.717, 1.165) is 116 Å². The molecule has 1 atom stereocenters. The zero-order valence-electron chi connectivity index (χ0n) is 39.9. The quantitative estimate of drug-likeness (QED) is 0.0263. The molecule has 0 aliphatic carbocycles. The lowest BCUT2D eigenvalue weighted by Crippen LogP contribution is -2.30. The number of carbonyl (C=O) groups excluding carboxylic acids is 3. The van der Waals surface area contributed by atoms with Gasteiger partial charge >= 0.3 is 17.9 Å². The fraction of sp³-hybridized carbons (Fsp3) is 0.727. The molecule has 0 spiro atoms. The van der Waals surface area contributed by atoms with E-state index in [2.05, 4.69) is 93.7 Å². The van der Waals surface area contributed by atoms with Crippen LogP contribution in [-0.4, -0.2) is 37.2 Å². The number of rotatable bonds is 45. The van der Waals surface area contributed by atoms with Gasteiger partial charge in [-0.25, -0.2) is 0 Å². The van der Waals surface area contributed by atoms with Crippen molar-refractivity contribution in [1.82, 2.24) is 0 Å². The minimum Gasteiger partial charge on any atom is -0.462 e. The van der Waals surface area contributed by atoms with Gasteiger partial charge in [0.25, 0.3) is 0 Å². The van der Waals surface area contributed by atoms with Crippen molar-refractivity contribution in [2.45, 2.75) is 245 Å². The lowest BCUT2D eigenvalue weighted by Gasteiger charge is -2.18. The van der Waals surface area contributed by atoms with E-state index in [-0.39, 0.29) is 31.1 Å². The minimum atomic E-state index is -0.763.